The number of ether oxygens (including phenoxy) is 2. The highest BCUT2D eigenvalue weighted by Crippen LogP contribution is 2.35. The maximum atomic E-state index is 6.06. The molecule has 0 aliphatic rings. The van der Waals surface area contributed by atoms with Crippen LogP contribution in [0.15, 0.2) is 30.3 Å². The lowest BCUT2D eigenvalue weighted by Crippen LogP contribution is -2.23. The van der Waals surface area contributed by atoms with E-state index in [2.05, 4.69) is 58.0 Å². The average Bonchev–Trinajstić information content (AvgIpc) is 2.56. The quantitative estimate of drug-likeness (QED) is 0.417. The topological polar surface area (TPSA) is 18.5 Å². The SMILES string of the molecule is CCOC(CC(OCC)SCC)CC(SCC)c1ccccc1. The van der Waals surface area contributed by atoms with Gasteiger partial charge in [-0.1, -0.05) is 44.2 Å². The van der Waals surface area contributed by atoms with Crippen molar-refractivity contribution in [2.24, 2.45) is 0 Å². The zero-order valence-electron chi connectivity index (χ0n) is 15.0. The molecule has 1 aromatic rings. The molecule has 0 saturated heterocycles. The van der Waals surface area contributed by atoms with E-state index in [0.29, 0.717) is 5.25 Å². The summed E-state index contributed by atoms with van der Waals surface area (Å²) in [4.78, 5) is 0. The Hall–Kier alpha value is -0.160. The molecule has 0 heterocycles. The minimum absolute atomic E-state index is 0.240. The molecule has 0 amide bonds. The van der Waals surface area contributed by atoms with Gasteiger partial charge in [-0.2, -0.15) is 11.8 Å². The largest absolute Gasteiger partial charge is 0.378 e. The monoisotopic (exact) mass is 356 g/mol. The van der Waals surface area contributed by atoms with Crippen LogP contribution in [-0.4, -0.2) is 36.3 Å². The summed E-state index contributed by atoms with van der Waals surface area (Å²) in [6.07, 6.45) is 2.26. The molecule has 0 bridgehead atoms. The van der Waals surface area contributed by atoms with Gasteiger partial charge in [0.2, 0.25) is 0 Å². The molecule has 0 aromatic heterocycles. The van der Waals surface area contributed by atoms with E-state index in [0.717, 1.165) is 37.6 Å². The Morgan fingerprint density at radius 1 is 0.826 bits per heavy atom. The van der Waals surface area contributed by atoms with Gasteiger partial charge < -0.3 is 9.47 Å². The van der Waals surface area contributed by atoms with Crippen LogP contribution in [0, 0.1) is 0 Å². The highest BCUT2D eigenvalue weighted by atomic mass is 32.2. The molecule has 0 radical (unpaired) electrons. The van der Waals surface area contributed by atoms with Gasteiger partial charge in [-0.15, -0.1) is 11.8 Å². The van der Waals surface area contributed by atoms with Gasteiger partial charge in [0.05, 0.1) is 6.10 Å². The first-order valence-corrected chi connectivity index (χ1v) is 10.9. The fraction of sp³-hybridized carbons (Fsp3) is 0.684. The number of thioether (sulfide) groups is 2. The van der Waals surface area contributed by atoms with Crippen molar-refractivity contribution in [1.29, 1.82) is 0 Å². The Labute approximate surface area is 151 Å². The standard InChI is InChI=1S/C19H32O2S2/c1-5-20-17(15-19(21-6-2)23-8-4)14-18(22-7-3)16-12-10-9-11-13-16/h9-13,17-19H,5-8,14-15H2,1-4H3. The van der Waals surface area contributed by atoms with Crippen molar-refractivity contribution in [3.05, 3.63) is 35.9 Å². The van der Waals surface area contributed by atoms with E-state index in [-0.39, 0.29) is 11.5 Å². The first-order chi connectivity index (χ1) is 11.2. The molecule has 0 fully saturated rings. The van der Waals surface area contributed by atoms with Gasteiger partial charge in [-0.25, -0.2) is 0 Å². The predicted molar refractivity (Wildman–Crippen MR) is 106 cm³/mol. The first-order valence-electron chi connectivity index (χ1n) is 8.76. The highest BCUT2D eigenvalue weighted by molar-refractivity contribution is 7.99. The molecule has 0 N–H and O–H groups in total. The smallest absolute Gasteiger partial charge is 0.105 e. The molecule has 0 saturated carbocycles. The molecule has 2 nitrogen and oxygen atoms in total. The van der Waals surface area contributed by atoms with Gasteiger partial charge in [0.1, 0.15) is 5.44 Å². The zero-order chi connectivity index (χ0) is 16.9. The third-order valence-electron chi connectivity index (χ3n) is 3.58. The van der Waals surface area contributed by atoms with Gasteiger partial charge in [0.15, 0.2) is 0 Å². The lowest BCUT2D eigenvalue weighted by Gasteiger charge is -2.26. The molecule has 0 aliphatic carbocycles. The third kappa shape index (κ3) is 8.48. The second kappa shape index (κ2) is 13.2. The molecule has 3 unspecified atom stereocenters. The fourth-order valence-corrected chi connectivity index (χ4v) is 4.70. The van der Waals surface area contributed by atoms with Crippen molar-refractivity contribution in [2.45, 2.75) is 57.3 Å². The Bertz CT molecular complexity index is 380. The maximum absolute atomic E-state index is 6.06. The zero-order valence-corrected chi connectivity index (χ0v) is 16.6. The van der Waals surface area contributed by atoms with E-state index in [1.807, 2.05) is 23.5 Å². The second-order valence-electron chi connectivity index (χ2n) is 5.24. The summed E-state index contributed by atoms with van der Waals surface area (Å²) in [6, 6.07) is 10.8. The lowest BCUT2D eigenvalue weighted by molar-refractivity contribution is 0.0156. The maximum Gasteiger partial charge on any atom is 0.105 e. The number of hydrogen-bond acceptors (Lipinski definition) is 4. The van der Waals surface area contributed by atoms with Gasteiger partial charge in [0.25, 0.3) is 0 Å². The van der Waals surface area contributed by atoms with Crippen LogP contribution in [0.4, 0.5) is 0 Å². The van der Waals surface area contributed by atoms with E-state index in [1.165, 1.54) is 5.56 Å². The summed E-state index contributed by atoms with van der Waals surface area (Å²) in [5.41, 5.74) is 1.64. The summed E-state index contributed by atoms with van der Waals surface area (Å²) < 4.78 is 11.9. The minimum atomic E-state index is 0.240. The molecule has 132 valence electrons. The molecule has 23 heavy (non-hydrogen) atoms. The molecule has 0 spiro atoms. The Morgan fingerprint density at radius 2 is 1.48 bits per heavy atom. The third-order valence-corrected chi connectivity index (χ3v) is 5.81. The molecule has 0 aliphatic heterocycles. The Morgan fingerprint density at radius 3 is 2.04 bits per heavy atom. The van der Waals surface area contributed by atoms with Crippen LogP contribution in [0.25, 0.3) is 0 Å². The van der Waals surface area contributed by atoms with Crippen LogP contribution in [0.1, 0.15) is 51.3 Å². The Balaban J connectivity index is 2.73. The van der Waals surface area contributed by atoms with Crippen LogP contribution < -0.4 is 0 Å². The van der Waals surface area contributed by atoms with E-state index in [1.54, 1.807) is 0 Å². The van der Waals surface area contributed by atoms with Crippen molar-refractivity contribution < 1.29 is 9.47 Å². The highest BCUT2D eigenvalue weighted by Gasteiger charge is 2.22. The van der Waals surface area contributed by atoms with E-state index < -0.39 is 0 Å². The average molecular weight is 357 g/mol. The molecular weight excluding hydrogens is 324 g/mol. The summed E-state index contributed by atoms with van der Waals surface area (Å²) in [5, 5.41) is 0.492. The van der Waals surface area contributed by atoms with Gasteiger partial charge >= 0.3 is 0 Å². The lowest BCUT2D eigenvalue weighted by atomic mass is 10.0. The van der Waals surface area contributed by atoms with Crippen molar-refractivity contribution in [3.8, 4) is 0 Å². The molecule has 3 atom stereocenters. The van der Waals surface area contributed by atoms with Crippen molar-refractivity contribution >= 4 is 23.5 Å². The summed E-state index contributed by atoms with van der Waals surface area (Å²) in [6.45, 7) is 10.1. The minimum Gasteiger partial charge on any atom is -0.378 e. The van der Waals surface area contributed by atoms with Gasteiger partial charge in [0, 0.05) is 24.9 Å². The summed E-state index contributed by atoms with van der Waals surface area (Å²) >= 11 is 3.89. The van der Waals surface area contributed by atoms with Crippen molar-refractivity contribution in [2.75, 3.05) is 24.7 Å². The number of benzene rings is 1. The van der Waals surface area contributed by atoms with Gasteiger partial charge in [-0.05, 0) is 37.3 Å². The van der Waals surface area contributed by atoms with Crippen molar-refractivity contribution in [1.82, 2.24) is 0 Å². The molecular formula is C19H32O2S2. The van der Waals surface area contributed by atoms with Crippen LogP contribution in [0.2, 0.25) is 0 Å². The van der Waals surface area contributed by atoms with Crippen LogP contribution in [0.5, 0.6) is 0 Å². The fourth-order valence-electron chi connectivity index (χ4n) is 2.65. The molecule has 1 aromatic carbocycles. The van der Waals surface area contributed by atoms with E-state index >= 15 is 0 Å². The number of rotatable bonds is 13. The summed E-state index contributed by atoms with van der Waals surface area (Å²) in [7, 11) is 0. The normalized spacial score (nSPS) is 15.3. The predicted octanol–water partition coefficient (Wildman–Crippen LogP) is 5.78. The van der Waals surface area contributed by atoms with Crippen LogP contribution in [0.3, 0.4) is 0 Å². The van der Waals surface area contributed by atoms with Crippen LogP contribution in [-0.2, 0) is 9.47 Å². The van der Waals surface area contributed by atoms with Crippen molar-refractivity contribution in [3.63, 3.8) is 0 Å². The molecule has 1 rings (SSSR count). The molecule has 4 heteroatoms. The van der Waals surface area contributed by atoms with E-state index in [9.17, 15) is 0 Å². The Kier molecular flexibility index (Phi) is 12.0. The van der Waals surface area contributed by atoms with Gasteiger partial charge in [-0.3, -0.25) is 0 Å². The first kappa shape index (κ1) is 20.9. The second-order valence-corrected chi connectivity index (χ2v) is 8.16. The van der Waals surface area contributed by atoms with Crippen LogP contribution >= 0.6 is 23.5 Å². The number of hydrogen-bond donors (Lipinski definition) is 0. The van der Waals surface area contributed by atoms with E-state index in [4.69, 9.17) is 9.47 Å². The summed E-state index contributed by atoms with van der Waals surface area (Å²) in [5.74, 6) is 2.20.